The second-order valence-corrected chi connectivity index (χ2v) is 16.9. The Morgan fingerprint density at radius 1 is 0.467 bits per heavy atom. The first kappa shape index (κ1) is 48.1. The van der Waals surface area contributed by atoms with Gasteiger partial charge in [-0.15, -0.1) is 0 Å². The van der Waals surface area contributed by atoms with Gasteiger partial charge in [0.05, 0.1) is 0 Å². The van der Waals surface area contributed by atoms with Crippen LogP contribution in [-0.2, 0) is 19.2 Å². The number of rotatable bonds is 28. The molecule has 2 unspecified atom stereocenters. The Morgan fingerprint density at radius 2 is 0.756 bits per heavy atom. The smallest absolute Gasteiger partial charge is 0.0445 e. The quantitative estimate of drug-likeness (QED) is 0.0809. The molecule has 45 heavy (non-hydrogen) atoms. The van der Waals surface area contributed by atoms with Crippen molar-refractivity contribution in [2.24, 2.45) is 23.7 Å². The number of hydrogen-bond acceptors (Lipinski definition) is 8. The topological polar surface area (TPSA) is 161 Å². The molecule has 0 saturated heterocycles. The third-order valence-corrected chi connectivity index (χ3v) is 13.8. The summed E-state index contributed by atoms with van der Waals surface area (Å²) in [6, 6.07) is 0. The minimum atomic E-state index is -1.12. The molecule has 2 atom stereocenters. The van der Waals surface area contributed by atoms with Crippen molar-refractivity contribution in [3.63, 3.8) is 0 Å². The number of carboxylic acid groups (broad SMARTS) is 4. The van der Waals surface area contributed by atoms with E-state index in [1.54, 1.807) is 8.87 Å². The van der Waals surface area contributed by atoms with Crippen LogP contribution in [0.4, 0.5) is 0 Å². The van der Waals surface area contributed by atoms with Gasteiger partial charge in [0, 0.05) is 23.9 Å². The Kier molecular flexibility index (Phi) is 38.0. The van der Waals surface area contributed by atoms with E-state index in [1.807, 2.05) is 0 Å². The molecule has 0 rings (SSSR count). The summed E-state index contributed by atoms with van der Waals surface area (Å²) in [6.07, 6.45) is 16.0. The Hall–Kier alpha value is -1.32. The van der Waals surface area contributed by atoms with E-state index < -0.39 is 35.7 Å². The van der Waals surface area contributed by atoms with Crippen molar-refractivity contribution < 1.29 is 39.6 Å². The van der Waals surface area contributed by atoms with Gasteiger partial charge in [-0.25, -0.2) is 0 Å². The molecule has 0 aliphatic carbocycles. The van der Waals surface area contributed by atoms with E-state index in [2.05, 4.69) is 41.5 Å². The van der Waals surface area contributed by atoms with E-state index in [-0.39, 0.29) is 34.0 Å². The number of carboxylic acids is 4. The van der Waals surface area contributed by atoms with Gasteiger partial charge in [-0.05, 0) is 63.2 Å². The fourth-order valence-corrected chi connectivity index (χ4v) is 8.52. The third kappa shape index (κ3) is 42.7. The van der Waals surface area contributed by atoms with Gasteiger partial charge in [0.15, 0.2) is 0 Å². The van der Waals surface area contributed by atoms with E-state index in [0.717, 1.165) is 50.4 Å². The molecular formula is C36H66O8Sn. The Balaban J connectivity index is -0.000000622. The molecule has 262 valence electrons. The second kappa shape index (κ2) is 35.5. The first-order chi connectivity index (χ1) is 21.3. The molecule has 0 N–H and O–H groups in total. The predicted molar refractivity (Wildman–Crippen MR) is 176 cm³/mol. The molecule has 0 fully saturated rings. The van der Waals surface area contributed by atoms with Gasteiger partial charge < -0.3 is 39.6 Å². The first-order valence-corrected chi connectivity index (χ1v) is 21.8. The van der Waals surface area contributed by atoms with Crippen LogP contribution in [0.2, 0.25) is 8.87 Å². The Bertz CT molecular complexity index is 653. The molecule has 6 radical (unpaired) electrons. The maximum absolute atomic E-state index is 10.9. The predicted octanol–water partition coefficient (Wildman–Crippen LogP) is 4.89. The zero-order valence-electron chi connectivity index (χ0n) is 29.6. The molecule has 0 heterocycles. The van der Waals surface area contributed by atoms with E-state index in [1.165, 1.54) is 38.5 Å². The van der Waals surface area contributed by atoms with Crippen molar-refractivity contribution in [3.8, 4) is 0 Å². The summed E-state index contributed by atoms with van der Waals surface area (Å²) in [6.45, 7) is 13.7. The van der Waals surface area contributed by atoms with E-state index in [4.69, 9.17) is 0 Å². The number of hydrogen-bond donors (Lipinski definition) is 0. The van der Waals surface area contributed by atoms with Crippen molar-refractivity contribution in [1.82, 2.24) is 0 Å². The largest absolute Gasteiger partial charge is 0.550 e. The molecule has 0 saturated carbocycles. The molecule has 8 nitrogen and oxygen atoms in total. The van der Waals surface area contributed by atoms with Crippen LogP contribution in [0.5, 0.6) is 0 Å². The van der Waals surface area contributed by atoms with Crippen molar-refractivity contribution in [2.75, 3.05) is 0 Å². The van der Waals surface area contributed by atoms with Crippen molar-refractivity contribution in [3.05, 3.63) is 0 Å². The fraction of sp³-hybridized carbons (Fsp3) is 0.889. The molecule has 9 heteroatoms. The normalized spacial score (nSPS) is 12.1. The molecule has 0 amide bonds. The zero-order chi connectivity index (χ0) is 34.9. The SMILES string of the molecule is CC(C)[CH2][Sn+4][CH2]C(C)C.CCCCCCCCC(CCCC(=O)[O-])C(=O)[O-].CCCCCCCCC(CCCC(=O)[O-])C(=O)[O-]. The van der Waals surface area contributed by atoms with Crippen LogP contribution in [0.25, 0.3) is 0 Å². The monoisotopic (exact) mass is 746 g/mol. The van der Waals surface area contributed by atoms with Gasteiger partial charge in [0.25, 0.3) is 0 Å². The van der Waals surface area contributed by atoms with Crippen LogP contribution in [0.15, 0.2) is 0 Å². The average Bonchev–Trinajstić information content (AvgIpc) is 2.94. The molecule has 0 aliphatic rings. The number of carbonyl (C=O) groups excluding carboxylic acids is 4. The summed E-state index contributed by atoms with van der Waals surface area (Å²) in [5.74, 6) is -3.42. The van der Waals surface area contributed by atoms with Crippen LogP contribution in [0.1, 0.15) is 170 Å². The maximum atomic E-state index is 10.9. The molecular weight excluding hydrogens is 679 g/mol. The molecule has 0 bridgehead atoms. The summed E-state index contributed by atoms with van der Waals surface area (Å²) >= 11 is 0.0709. The van der Waals surface area contributed by atoms with E-state index in [9.17, 15) is 39.6 Å². The van der Waals surface area contributed by atoms with Gasteiger partial charge in [-0.3, -0.25) is 0 Å². The third-order valence-electron chi connectivity index (χ3n) is 7.45. The molecule has 0 aromatic carbocycles. The second-order valence-electron chi connectivity index (χ2n) is 13.1. The standard InChI is InChI=1S/2C14H26O4.2C4H9.Sn/c2*1-2-3-4-5-6-7-9-12(14(17)18)10-8-11-13(15)16;2*1-4(2)3;/h2*12H,2-11H2,1H3,(H,15,16)(H,17,18);2*4H,1H2,2-3H3;/q;;;;+4/p-4. The first-order valence-electron chi connectivity index (χ1n) is 17.8. The van der Waals surface area contributed by atoms with Crippen LogP contribution in [-0.4, -0.2) is 45.0 Å². The van der Waals surface area contributed by atoms with Crippen LogP contribution >= 0.6 is 0 Å². The summed E-state index contributed by atoms with van der Waals surface area (Å²) in [7, 11) is 0. The van der Waals surface area contributed by atoms with E-state index in [0.29, 0.717) is 38.5 Å². The summed E-state index contributed by atoms with van der Waals surface area (Å²) < 4.78 is 3.14. The fourth-order valence-electron chi connectivity index (χ4n) is 4.75. The maximum Gasteiger partial charge on any atom is 0.0445 e. The summed E-state index contributed by atoms with van der Waals surface area (Å²) in [4.78, 5) is 42.2. The van der Waals surface area contributed by atoms with Crippen molar-refractivity contribution >= 4 is 45.0 Å². The summed E-state index contributed by atoms with van der Waals surface area (Å²) in [5, 5.41) is 42.2. The molecule has 0 aromatic heterocycles. The van der Waals surface area contributed by atoms with Gasteiger partial charge in [-0.2, -0.15) is 0 Å². The van der Waals surface area contributed by atoms with Crippen LogP contribution in [0.3, 0.4) is 0 Å². The van der Waals surface area contributed by atoms with Crippen molar-refractivity contribution in [1.29, 1.82) is 0 Å². The molecule has 0 spiro atoms. The van der Waals surface area contributed by atoms with E-state index >= 15 is 0 Å². The van der Waals surface area contributed by atoms with Gasteiger partial charge >= 0.3 is 69.5 Å². The zero-order valence-corrected chi connectivity index (χ0v) is 32.5. The van der Waals surface area contributed by atoms with Gasteiger partial charge in [0.1, 0.15) is 0 Å². The molecule has 0 aromatic rings. The van der Waals surface area contributed by atoms with Gasteiger partial charge in [-0.1, -0.05) is 90.9 Å². The average molecular weight is 746 g/mol. The summed E-state index contributed by atoms with van der Waals surface area (Å²) in [5.41, 5.74) is 0. The van der Waals surface area contributed by atoms with Crippen molar-refractivity contribution in [2.45, 2.75) is 179 Å². The minimum Gasteiger partial charge on any atom is -0.550 e. The minimum absolute atomic E-state index is 0.0692. The van der Waals surface area contributed by atoms with Crippen LogP contribution in [0, 0.1) is 23.7 Å². The number of carbonyl (C=O) groups is 4. The number of unbranched alkanes of at least 4 members (excludes halogenated alkanes) is 10. The van der Waals surface area contributed by atoms with Gasteiger partial charge in [0.2, 0.25) is 0 Å². The van der Waals surface area contributed by atoms with Crippen LogP contribution < -0.4 is 20.4 Å². The number of aliphatic carboxylic acids is 4. The Morgan fingerprint density at radius 3 is 1.02 bits per heavy atom. The Labute approximate surface area is 286 Å². The molecule has 0 aliphatic heterocycles.